The fraction of sp³-hybridized carbons (Fsp3) is 0.300. The molecule has 0 saturated heterocycles. The molecule has 8 heteroatoms. The lowest BCUT2D eigenvalue weighted by molar-refractivity contribution is -0.120. The zero-order valence-corrected chi connectivity index (χ0v) is 16.6. The van der Waals surface area contributed by atoms with Gasteiger partial charge in [-0.3, -0.25) is 4.79 Å². The molecule has 0 fully saturated rings. The normalized spacial score (nSPS) is 10.9. The summed E-state index contributed by atoms with van der Waals surface area (Å²) in [4.78, 5) is 25.6. The second-order valence-electron chi connectivity index (χ2n) is 6.31. The van der Waals surface area contributed by atoms with Crippen LogP contribution in [0.3, 0.4) is 0 Å². The van der Waals surface area contributed by atoms with Crippen molar-refractivity contribution in [1.82, 2.24) is 15.5 Å². The van der Waals surface area contributed by atoms with Crippen LogP contribution in [0, 0.1) is 0 Å². The fourth-order valence-corrected chi connectivity index (χ4v) is 3.68. The lowest BCUT2D eigenvalue weighted by atomic mass is 10.2. The average molecular weight is 404 g/mol. The number of sulfone groups is 1. The lowest BCUT2D eigenvalue weighted by Gasteiger charge is -2.18. The maximum atomic E-state index is 12.1. The van der Waals surface area contributed by atoms with Gasteiger partial charge in [-0.15, -0.1) is 0 Å². The van der Waals surface area contributed by atoms with Crippen LogP contribution in [0.5, 0.6) is 0 Å². The van der Waals surface area contributed by atoms with Crippen molar-refractivity contribution in [2.75, 3.05) is 25.9 Å². The predicted molar refractivity (Wildman–Crippen MR) is 107 cm³/mol. The van der Waals surface area contributed by atoms with Gasteiger partial charge in [-0.25, -0.2) is 13.2 Å². The van der Waals surface area contributed by atoms with Gasteiger partial charge in [-0.1, -0.05) is 48.5 Å². The number of hydrogen-bond donors (Lipinski definition) is 2. The van der Waals surface area contributed by atoms with Gasteiger partial charge < -0.3 is 15.5 Å². The summed E-state index contributed by atoms with van der Waals surface area (Å²) in [5, 5.41) is 5.24. The summed E-state index contributed by atoms with van der Waals surface area (Å²) in [6.07, 6.45) is 0.0797. The molecule has 0 aromatic heterocycles. The molecule has 2 aromatic carbocycles. The Morgan fingerprint density at radius 1 is 0.893 bits per heavy atom. The Hall–Kier alpha value is -2.87. The third-order valence-corrected chi connectivity index (χ3v) is 5.76. The van der Waals surface area contributed by atoms with Gasteiger partial charge in [0.05, 0.1) is 10.6 Å². The van der Waals surface area contributed by atoms with Crippen molar-refractivity contribution in [3.8, 4) is 0 Å². The minimum atomic E-state index is -3.42. The number of nitrogens with one attached hydrogen (secondary N) is 2. The number of benzene rings is 2. The Balaban J connectivity index is 1.65. The van der Waals surface area contributed by atoms with Gasteiger partial charge in [-0.05, 0) is 17.7 Å². The Bertz CT molecular complexity index is 871. The fourth-order valence-electron chi connectivity index (χ4n) is 2.51. The van der Waals surface area contributed by atoms with Crippen molar-refractivity contribution in [1.29, 1.82) is 0 Å². The first-order valence-electron chi connectivity index (χ1n) is 8.96. The summed E-state index contributed by atoms with van der Waals surface area (Å²) >= 11 is 0. The van der Waals surface area contributed by atoms with Crippen LogP contribution in [0.4, 0.5) is 4.79 Å². The average Bonchev–Trinajstić information content (AvgIpc) is 2.69. The molecule has 0 saturated carbocycles. The van der Waals surface area contributed by atoms with Crippen molar-refractivity contribution >= 4 is 21.8 Å². The van der Waals surface area contributed by atoms with E-state index in [4.69, 9.17) is 0 Å². The molecular weight excluding hydrogens is 378 g/mol. The van der Waals surface area contributed by atoms with E-state index in [0.717, 1.165) is 5.56 Å². The van der Waals surface area contributed by atoms with E-state index in [1.54, 1.807) is 25.2 Å². The first-order chi connectivity index (χ1) is 13.4. The number of amides is 3. The highest BCUT2D eigenvalue weighted by atomic mass is 32.2. The minimum Gasteiger partial charge on any atom is -0.355 e. The van der Waals surface area contributed by atoms with Crippen LogP contribution in [0.1, 0.15) is 12.0 Å². The number of carbonyl (C=O) groups excluding carboxylic acids is 2. The number of urea groups is 1. The molecule has 2 N–H and O–H groups in total. The molecule has 0 atom stereocenters. The second kappa shape index (κ2) is 10.5. The largest absolute Gasteiger partial charge is 0.355 e. The molecule has 2 aromatic rings. The summed E-state index contributed by atoms with van der Waals surface area (Å²) in [6.45, 7) is 0.670. The van der Waals surface area contributed by atoms with E-state index in [-0.39, 0.29) is 42.1 Å². The Morgan fingerprint density at radius 3 is 2.14 bits per heavy atom. The van der Waals surface area contributed by atoms with Crippen LogP contribution in [0.25, 0.3) is 0 Å². The van der Waals surface area contributed by atoms with Gasteiger partial charge in [0.15, 0.2) is 9.84 Å². The molecule has 0 aliphatic carbocycles. The predicted octanol–water partition coefficient (Wildman–Crippen LogP) is 1.81. The number of hydrogen-bond acceptors (Lipinski definition) is 4. The van der Waals surface area contributed by atoms with E-state index in [1.165, 1.54) is 17.0 Å². The molecule has 0 bridgehead atoms. The maximum Gasteiger partial charge on any atom is 0.317 e. The quantitative estimate of drug-likeness (QED) is 0.667. The van der Waals surface area contributed by atoms with E-state index < -0.39 is 9.84 Å². The van der Waals surface area contributed by atoms with E-state index in [9.17, 15) is 18.0 Å². The third-order valence-electron chi connectivity index (χ3n) is 4.03. The maximum absolute atomic E-state index is 12.1. The molecule has 0 unspecified atom stereocenters. The molecule has 28 heavy (non-hydrogen) atoms. The van der Waals surface area contributed by atoms with Crippen LogP contribution >= 0.6 is 0 Å². The van der Waals surface area contributed by atoms with Crippen LogP contribution in [-0.2, 0) is 21.2 Å². The monoisotopic (exact) mass is 403 g/mol. The summed E-state index contributed by atoms with van der Waals surface area (Å²) < 4.78 is 24.3. The highest BCUT2D eigenvalue weighted by molar-refractivity contribution is 7.91. The molecule has 2 rings (SSSR count). The summed E-state index contributed by atoms with van der Waals surface area (Å²) in [7, 11) is -1.74. The van der Waals surface area contributed by atoms with Gasteiger partial charge in [0, 0.05) is 33.1 Å². The summed E-state index contributed by atoms with van der Waals surface area (Å²) in [5.74, 6) is -0.483. The Morgan fingerprint density at radius 2 is 1.50 bits per heavy atom. The molecule has 0 aliphatic heterocycles. The molecule has 150 valence electrons. The number of carbonyl (C=O) groups is 2. The Labute approximate surface area is 165 Å². The van der Waals surface area contributed by atoms with Crippen molar-refractivity contribution in [3.63, 3.8) is 0 Å². The summed E-state index contributed by atoms with van der Waals surface area (Å²) in [5.41, 5.74) is 1.01. The van der Waals surface area contributed by atoms with Crippen molar-refractivity contribution in [2.45, 2.75) is 17.9 Å². The molecule has 3 amide bonds. The highest BCUT2D eigenvalue weighted by Gasteiger charge is 2.14. The number of nitrogens with zero attached hydrogens (tertiary/aromatic N) is 1. The van der Waals surface area contributed by atoms with Crippen molar-refractivity contribution in [2.24, 2.45) is 0 Å². The van der Waals surface area contributed by atoms with E-state index in [2.05, 4.69) is 10.6 Å². The first-order valence-corrected chi connectivity index (χ1v) is 10.6. The van der Waals surface area contributed by atoms with Crippen LogP contribution in [-0.4, -0.2) is 51.1 Å². The van der Waals surface area contributed by atoms with Gasteiger partial charge in [0.2, 0.25) is 5.91 Å². The van der Waals surface area contributed by atoms with E-state index >= 15 is 0 Å². The smallest absolute Gasteiger partial charge is 0.317 e. The van der Waals surface area contributed by atoms with Crippen LogP contribution in [0.15, 0.2) is 65.6 Å². The second-order valence-corrected chi connectivity index (χ2v) is 8.41. The van der Waals surface area contributed by atoms with Gasteiger partial charge in [-0.2, -0.15) is 0 Å². The van der Waals surface area contributed by atoms with Crippen LogP contribution in [0.2, 0.25) is 0 Å². The molecule has 0 aliphatic rings. The molecule has 7 nitrogen and oxygen atoms in total. The lowest BCUT2D eigenvalue weighted by Crippen LogP contribution is -2.39. The van der Waals surface area contributed by atoms with Crippen molar-refractivity contribution in [3.05, 3.63) is 66.2 Å². The number of rotatable bonds is 9. The molecular formula is C20H25N3O4S. The standard InChI is InChI=1S/C20H25N3O4S/c1-23(16-17-8-4-2-5-9-17)20(25)22-13-12-19(24)21-14-15-28(26,27)18-10-6-3-7-11-18/h2-11H,12-16H2,1H3,(H,21,24)(H,22,25). The Kier molecular flexibility index (Phi) is 8.01. The highest BCUT2D eigenvalue weighted by Crippen LogP contribution is 2.09. The SMILES string of the molecule is CN(Cc1ccccc1)C(=O)NCCC(=O)NCCS(=O)(=O)c1ccccc1. The molecule has 0 heterocycles. The van der Waals surface area contributed by atoms with Crippen LogP contribution < -0.4 is 10.6 Å². The van der Waals surface area contributed by atoms with E-state index in [1.807, 2.05) is 30.3 Å². The molecule has 0 spiro atoms. The van der Waals surface area contributed by atoms with Gasteiger partial charge in [0.25, 0.3) is 0 Å². The van der Waals surface area contributed by atoms with E-state index in [0.29, 0.717) is 6.54 Å². The minimum absolute atomic E-state index is 0.0257. The first kappa shape index (κ1) is 21.4. The van der Waals surface area contributed by atoms with Gasteiger partial charge >= 0.3 is 6.03 Å². The zero-order chi connectivity index (χ0) is 20.4. The topological polar surface area (TPSA) is 95.6 Å². The summed E-state index contributed by atoms with van der Waals surface area (Å²) in [6, 6.07) is 17.4. The zero-order valence-electron chi connectivity index (χ0n) is 15.8. The van der Waals surface area contributed by atoms with Crippen molar-refractivity contribution < 1.29 is 18.0 Å². The third kappa shape index (κ3) is 7.03. The molecule has 0 radical (unpaired) electrons. The van der Waals surface area contributed by atoms with Gasteiger partial charge in [0.1, 0.15) is 0 Å².